The van der Waals surface area contributed by atoms with Gasteiger partial charge >= 0.3 is 0 Å². The first-order chi connectivity index (χ1) is 5.40. The molecule has 0 bridgehead atoms. The Morgan fingerprint density at radius 1 is 1.54 bits per heavy atom. The van der Waals surface area contributed by atoms with Gasteiger partial charge in [-0.1, -0.05) is 4.70 Å². The van der Waals surface area contributed by atoms with Gasteiger partial charge in [-0.05, 0) is 5.52 Å². The second-order valence-electron chi connectivity index (χ2n) is 2.02. The fourth-order valence-corrected chi connectivity index (χ4v) is 1.61. The van der Waals surface area contributed by atoms with Crippen molar-refractivity contribution in [3.05, 3.63) is 36.7 Å². The van der Waals surface area contributed by atoms with E-state index in [0.717, 1.165) is 10.2 Å². The summed E-state index contributed by atoms with van der Waals surface area (Å²) in [5.41, 5.74) is 0.880. The zero-order valence-electron chi connectivity index (χ0n) is 7.11. The van der Waals surface area contributed by atoms with E-state index < -0.39 is 0 Å². The van der Waals surface area contributed by atoms with Crippen molar-refractivity contribution in [2.45, 2.75) is 0 Å². The number of benzene rings is 1. The van der Waals surface area contributed by atoms with E-state index in [-0.39, 0.29) is 40.1 Å². The van der Waals surface area contributed by atoms with Crippen LogP contribution >= 0.6 is 11.3 Å². The Morgan fingerprint density at radius 2 is 2.31 bits per heavy atom. The van der Waals surface area contributed by atoms with E-state index in [1.54, 1.807) is 6.07 Å². The summed E-state index contributed by atoms with van der Waals surface area (Å²) in [7, 11) is 0. The summed E-state index contributed by atoms with van der Waals surface area (Å²) in [4.78, 5) is 4.07. The molecule has 2 aromatic rings. The minimum Gasteiger partial charge on any atom is -0.358 e. The Bertz CT molecular complexity index is 397. The van der Waals surface area contributed by atoms with E-state index in [0.29, 0.717) is 5.01 Å². The first-order valence-electron chi connectivity index (χ1n) is 3.07. The van der Waals surface area contributed by atoms with Gasteiger partial charge < -0.3 is 7.43 Å². The first-order valence-corrected chi connectivity index (χ1v) is 3.88. The normalized spacial score (nSPS) is 8.23. The number of hydrogen-bond acceptors (Lipinski definition) is 3. The molecule has 2 nitrogen and oxygen atoms in total. The van der Waals surface area contributed by atoms with Crippen molar-refractivity contribution in [1.82, 2.24) is 4.98 Å². The molecule has 0 saturated heterocycles. The maximum Gasteiger partial charge on any atom is 0.181 e. The van der Waals surface area contributed by atoms with Gasteiger partial charge in [-0.25, -0.2) is 0 Å². The van der Waals surface area contributed by atoms with E-state index in [1.165, 1.54) is 11.3 Å². The average molecular weight is 263 g/mol. The number of nitriles is 1. The van der Waals surface area contributed by atoms with Gasteiger partial charge in [0.1, 0.15) is 6.07 Å². The Morgan fingerprint density at radius 3 is 2.92 bits per heavy atom. The second-order valence-corrected chi connectivity index (χ2v) is 3.06. The third kappa shape index (κ3) is 2.57. The average Bonchev–Trinajstić information content (AvgIpc) is 2.46. The molecule has 63 valence electrons. The standard InChI is InChI=1S/C8H3N2S.CH3.Y/c9-5-8-10-6-3-1-2-4-7(6)11-8;;/h1,3-4H;1H3;/q2*-1;. The van der Waals surface area contributed by atoms with Crippen LogP contribution < -0.4 is 0 Å². The molecule has 1 aromatic carbocycles. The summed E-state index contributed by atoms with van der Waals surface area (Å²) >= 11 is 1.39. The molecule has 0 aliphatic carbocycles. The molecule has 0 unspecified atom stereocenters. The summed E-state index contributed by atoms with van der Waals surface area (Å²) in [6.45, 7) is 0. The summed E-state index contributed by atoms with van der Waals surface area (Å²) < 4.78 is 1.02. The molecule has 1 heterocycles. The quantitative estimate of drug-likeness (QED) is 0.684. The van der Waals surface area contributed by atoms with Crippen molar-refractivity contribution in [2.24, 2.45) is 0 Å². The topological polar surface area (TPSA) is 36.7 Å². The van der Waals surface area contributed by atoms with Crippen LogP contribution in [0.3, 0.4) is 0 Å². The predicted molar refractivity (Wildman–Crippen MR) is 49.6 cm³/mol. The van der Waals surface area contributed by atoms with Crippen molar-refractivity contribution < 1.29 is 32.7 Å². The predicted octanol–water partition coefficient (Wildman–Crippen LogP) is 2.42. The Kier molecular flexibility index (Phi) is 5.31. The molecule has 0 amide bonds. The van der Waals surface area contributed by atoms with Crippen LogP contribution in [0.25, 0.3) is 10.2 Å². The van der Waals surface area contributed by atoms with Crippen molar-refractivity contribution in [2.75, 3.05) is 0 Å². The third-order valence-corrected chi connectivity index (χ3v) is 2.25. The monoisotopic (exact) mass is 263 g/mol. The van der Waals surface area contributed by atoms with Crippen molar-refractivity contribution >= 4 is 21.6 Å². The minimum absolute atomic E-state index is 0. The molecule has 0 spiro atoms. The Balaban J connectivity index is 0.000000720. The van der Waals surface area contributed by atoms with Gasteiger partial charge in [0.05, 0.1) is 0 Å². The number of aromatic nitrogens is 1. The molecule has 0 aliphatic rings. The number of thiazole rings is 1. The zero-order chi connectivity index (χ0) is 7.68. The molecular formula is C9H6N2SY-2. The van der Waals surface area contributed by atoms with Crippen molar-refractivity contribution in [3.8, 4) is 6.07 Å². The van der Waals surface area contributed by atoms with Crippen LogP contribution in [-0.4, -0.2) is 4.98 Å². The second kappa shape index (κ2) is 5.44. The summed E-state index contributed by atoms with van der Waals surface area (Å²) in [5, 5.41) is 9.04. The molecule has 0 fully saturated rings. The Hall–Kier alpha value is -0.296. The van der Waals surface area contributed by atoms with Crippen LogP contribution in [0.4, 0.5) is 0 Å². The third-order valence-electron chi connectivity index (χ3n) is 1.33. The van der Waals surface area contributed by atoms with Crippen LogP contribution in [0.1, 0.15) is 5.01 Å². The van der Waals surface area contributed by atoms with Gasteiger partial charge in [0.2, 0.25) is 0 Å². The number of fused-ring (bicyclic) bond motifs is 1. The molecule has 1 radical (unpaired) electrons. The molecule has 2 rings (SSSR count). The molecule has 0 saturated carbocycles. The smallest absolute Gasteiger partial charge is 0.181 e. The van der Waals surface area contributed by atoms with E-state index in [4.69, 9.17) is 5.26 Å². The van der Waals surface area contributed by atoms with E-state index in [9.17, 15) is 0 Å². The molecule has 0 atom stereocenters. The molecule has 13 heavy (non-hydrogen) atoms. The number of nitrogens with zero attached hydrogens (tertiary/aromatic N) is 2. The fourth-order valence-electron chi connectivity index (χ4n) is 0.865. The van der Waals surface area contributed by atoms with Gasteiger partial charge in [0.15, 0.2) is 5.01 Å². The van der Waals surface area contributed by atoms with E-state index >= 15 is 0 Å². The van der Waals surface area contributed by atoms with Gasteiger partial charge in [0.25, 0.3) is 0 Å². The van der Waals surface area contributed by atoms with E-state index in [1.807, 2.05) is 18.2 Å². The number of hydrogen-bond donors (Lipinski definition) is 0. The summed E-state index contributed by atoms with van der Waals surface area (Å²) in [6.07, 6.45) is 0. The van der Waals surface area contributed by atoms with E-state index in [2.05, 4.69) is 11.1 Å². The van der Waals surface area contributed by atoms with Gasteiger partial charge in [-0.15, -0.1) is 6.07 Å². The van der Waals surface area contributed by atoms with Gasteiger partial charge in [-0.3, -0.25) is 4.98 Å². The zero-order valence-corrected chi connectivity index (χ0v) is 10.8. The SMILES string of the molecule is N#Cc1nc2cc[c-]cc2s1.[CH3-].[Y]. The van der Waals surface area contributed by atoms with Gasteiger partial charge in [0, 0.05) is 32.7 Å². The molecular weight excluding hydrogens is 257 g/mol. The van der Waals surface area contributed by atoms with Crippen LogP contribution in [0.5, 0.6) is 0 Å². The number of rotatable bonds is 0. The van der Waals surface area contributed by atoms with Crippen LogP contribution in [-0.2, 0) is 32.7 Å². The summed E-state index contributed by atoms with van der Waals surface area (Å²) in [5.74, 6) is 0. The fraction of sp³-hybridized carbons (Fsp3) is 0. The minimum atomic E-state index is 0. The molecule has 0 aliphatic heterocycles. The van der Waals surface area contributed by atoms with Crippen LogP contribution in [0.15, 0.2) is 18.2 Å². The largest absolute Gasteiger partial charge is 0.358 e. The maximum atomic E-state index is 8.53. The van der Waals surface area contributed by atoms with Crippen molar-refractivity contribution in [3.63, 3.8) is 0 Å². The first kappa shape index (κ1) is 12.7. The van der Waals surface area contributed by atoms with Gasteiger partial charge in [-0.2, -0.15) is 34.8 Å². The van der Waals surface area contributed by atoms with Crippen LogP contribution in [0.2, 0.25) is 0 Å². The van der Waals surface area contributed by atoms with Crippen LogP contribution in [0, 0.1) is 24.8 Å². The molecule has 1 aromatic heterocycles. The maximum absolute atomic E-state index is 8.53. The summed E-state index contributed by atoms with van der Waals surface area (Å²) in [6, 6.07) is 10.4. The molecule has 0 N–H and O–H groups in total. The van der Waals surface area contributed by atoms with Crippen molar-refractivity contribution in [1.29, 1.82) is 5.26 Å². The molecule has 4 heteroatoms. The Labute approximate surface area is 106 Å².